The van der Waals surface area contributed by atoms with E-state index in [1.54, 1.807) is 42.5 Å². The van der Waals surface area contributed by atoms with Gasteiger partial charge in [0, 0.05) is 41.8 Å². The second-order valence-corrected chi connectivity index (χ2v) is 11.8. The summed E-state index contributed by atoms with van der Waals surface area (Å²) in [7, 11) is -3.73. The summed E-state index contributed by atoms with van der Waals surface area (Å²) >= 11 is 12.4. The van der Waals surface area contributed by atoms with Crippen LogP contribution in [0.1, 0.15) is 48.0 Å². The van der Waals surface area contributed by atoms with Crippen LogP contribution in [0.5, 0.6) is 0 Å². The first-order chi connectivity index (χ1) is 16.8. The SMILES string of the molecule is O=C(Nc1ccccc1C(=O)N1CCCCC1)[C@H]1CCCN(S(=O)(=O)Cc2c(Cl)cccc2Cl)C1. The molecule has 2 aromatic carbocycles. The Balaban J connectivity index is 1.45. The topological polar surface area (TPSA) is 86.8 Å². The highest BCUT2D eigenvalue weighted by Crippen LogP contribution is 2.29. The molecule has 188 valence electrons. The number of likely N-dealkylation sites (tertiary alicyclic amines) is 1. The Morgan fingerprint density at radius 1 is 0.914 bits per heavy atom. The van der Waals surface area contributed by atoms with Gasteiger partial charge >= 0.3 is 0 Å². The third-order valence-electron chi connectivity index (χ3n) is 6.60. The molecule has 0 aliphatic carbocycles. The number of para-hydroxylation sites is 1. The second kappa shape index (κ2) is 11.3. The van der Waals surface area contributed by atoms with Crippen LogP contribution < -0.4 is 5.32 Å². The average molecular weight is 538 g/mol. The molecule has 0 saturated carbocycles. The number of benzene rings is 2. The zero-order chi connectivity index (χ0) is 25.0. The Labute approximate surface area is 216 Å². The van der Waals surface area contributed by atoms with Crippen LogP contribution in [0.2, 0.25) is 10.0 Å². The summed E-state index contributed by atoms with van der Waals surface area (Å²) in [4.78, 5) is 28.0. The molecule has 0 bridgehead atoms. The van der Waals surface area contributed by atoms with Crippen molar-refractivity contribution in [1.29, 1.82) is 0 Å². The number of rotatable bonds is 6. The van der Waals surface area contributed by atoms with Gasteiger partial charge in [-0.25, -0.2) is 12.7 Å². The lowest BCUT2D eigenvalue weighted by molar-refractivity contribution is -0.120. The number of carbonyl (C=O) groups excluding carboxylic acids is 2. The summed E-state index contributed by atoms with van der Waals surface area (Å²) in [5, 5.41) is 3.48. The number of nitrogens with zero attached hydrogens (tertiary/aromatic N) is 2. The highest BCUT2D eigenvalue weighted by Gasteiger charge is 2.33. The molecule has 10 heteroatoms. The number of amides is 2. The lowest BCUT2D eigenvalue weighted by atomic mass is 9.98. The Morgan fingerprint density at radius 3 is 2.31 bits per heavy atom. The van der Waals surface area contributed by atoms with Crippen molar-refractivity contribution in [3.8, 4) is 0 Å². The molecule has 35 heavy (non-hydrogen) atoms. The van der Waals surface area contributed by atoms with Crippen molar-refractivity contribution in [2.75, 3.05) is 31.5 Å². The van der Waals surface area contributed by atoms with Crippen molar-refractivity contribution in [2.45, 2.75) is 37.9 Å². The average Bonchev–Trinajstić information content (AvgIpc) is 2.87. The van der Waals surface area contributed by atoms with Gasteiger partial charge in [0.1, 0.15) is 0 Å². The fourth-order valence-electron chi connectivity index (χ4n) is 4.63. The Bertz CT molecular complexity index is 1180. The van der Waals surface area contributed by atoms with E-state index < -0.39 is 15.9 Å². The highest BCUT2D eigenvalue weighted by atomic mass is 35.5. The van der Waals surface area contributed by atoms with Crippen LogP contribution in [-0.2, 0) is 20.6 Å². The summed E-state index contributed by atoms with van der Waals surface area (Å²) in [6, 6.07) is 11.9. The number of sulfonamides is 1. The van der Waals surface area contributed by atoms with Crippen molar-refractivity contribution in [2.24, 2.45) is 5.92 Å². The molecule has 4 rings (SSSR count). The van der Waals surface area contributed by atoms with Gasteiger partial charge in [0.15, 0.2) is 0 Å². The molecule has 2 aromatic rings. The molecular weight excluding hydrogens is 509 g/mol. The first kappa shape index (κ1) is 25.9. The van der Waals surface area contributed by atoms with Crippen LogP contribution in [0.15, 0.2) is 42.5 Å². The number of halogens is 2. The maximum atomic E-state index is 13.2. The number of hydrogen-bond acceptors (Lipinski definition) is 4. The van der Waals surface area contributed by atoms with E-state index in [2.05, 4.69) is 5.32 Å². The lowest BCUT2D eigenvalue weighted by Gasteiger charge is -2.32. The van der Waals surface area contributed by atoms with Crippen molar-refractivity contribution < 1.29 is 18.0 Å². The molecule has 0 unspecified atom stereocenters. The summed E-state index contributed by atoms with van der Waals surface area (Å²) in [5.41, 5.74) is 1.26. The molecule has 2 amide bonds. The monoisotopic (exact) mass is 537 g/mol. The van der Waals surface area contributed by atoms with Crippen molar-refractivity contribution in [1.82, 2.24) is 9.21 Å². The van der Waals surface area contributed by atoms with Gasteiger partial charge in [0.2, 0.25) is 15.9 Å². The van der Waals surface area contributed by atoms with Crippen LogP contribution >= 0.6 is 23.2 Å². The molecule has 1 N–H and O–H groups in total. The summed E-state index contributed by atoms with van der Waals surface area (Å²) in [6.45, 7) is 1.83. The maximum absolute atomic E-state index is 13.2. The molecule has 1 atom stereocenters. The summed E-state index contributed by atoms with van der Waals surface area (Å²) in [6.07, 6.45) is 4.19. The fourth-order valence-corrected chi connectivity index (χ4v) is 7.00. The Hall–Kier alpha value is -2.13. The van der Waals surface area contributed by atoms with Gasteiger partial charge in [0.05, 0.1) is 22.9 Å². The van der Waals surface area contributed by atoms with Gasteiger partial charge in [-0.2, -0.15) is 0 Å². The standard InChI is InChI=1S/C25H29Cl2N3O4S/c26-21-10-6-11-22(27)20(21)17-35(33,34)30-15-7-8-18(16-30)24(31)28-23-12-3-2-9-19(23)25(32)29-13-4-1-5-14-29/h2-3,6,9-12,18H,1,4-5,7-8,13-17H2,(H,28,31)/t18-/m0/s1. The molecule has 7 nitrogen and oxygen atoms in total. The Morgan fingerprint density at radius 2 is 1.60 bits per heavy atom. The minimum Gasteiger partial charge on any atom is -0.339 e. The maximum Gasteiger partial charge on any atom is 0.255 e. The minimum atomic E-state index is -3.73. The fraction of sp³-hybridized carbons (Fsp3) is 0.440. The van der Waals surface area contributed by atoms with Gasteiger partial charge < -0.3 is 10.2 Å². The zero-order valence-electron chi connectivity index (χ0n) is 19.4. The largest absolute Gasteiger partial charge is 0.339 e. The molecule has 2 saturated heterocycles. The summed E-state index contributed by atoms with van der Waals surface area (Å²) < 4.78 is 27.6. The van der Waals surface area contributed by atoms with Crippen LogP contribution in [0, 0.1) is 5.92 Å². The molecule has 0 radical (unpaired) electrons. The molecule has 2 heterocycles. The second-order valence-electron chi connectivity index (χ2n) is 9.04. The summed E-state index contributed by atoms with van der Waals surface area (Å²) in [5.74, 6) is -1.24. The lowest BCUT2D eigenvalue weighted by Crippen LogP contribution is -2.44. The molecule has 2 aliphatic heterocycles. The molecule has 2 fully saturated rings. The smallest absolute Gasteiger partial charge is 0.255 e. The van der Waals surface area contributed by atoms with E-state index in [-0.39, 0.29) is 24.1 Å². The third-order valence-corrected chi connectivity index (χ3v) is 9.08. The van der Waals surface area contributed by atoms with Gasteiger partial charge in [-0.15, -0.1) is 0 Å². The van der Waals surface area contributed by atoms with Gasteiger partial charge in [-0.3, -0.25) is 9.59 Å². The first-order valence-corrected chi connectivity index (χ1v) is 14.2. The van der Waals surface area contributed by atoms with Gasteiger partial charge in [-0.05, 0) is 56.4 Å². The van der Waals surface area contributed by atoms with Gasteiger partial charge in [0.25, 0.3) is 5.91 Å². The molecular formula is C25H29Cl2N3O4S. The van der Waals surface area contributed by atoms with Crippen LogP contribution in [-0.4, -0.2) is 55.6 Å². The highest BCUT2D eigenvalue weighted by molar-refractivity contribution is 7.88. The number of piperidine rings is 2. The van der Waals surface area contributed by atoms with Gasteiger partial charge in [-0.1, -0.05) is 41.4 Å². The third kappa shape index (κ3) is 6.17. The number of carbonyl (C=O) groups is 2. The van der Waals surface area contributed by atoms with E-state index in [1.807, 2.05) is 4.90 Å². The van der Waals surface area contributed by atoms with E-state index in [1.165, 1.54) is 4.31 Å². The quantitative estimate of drug-likeness (QED) is 0.573. The van der Waals surface area contributed by atoms with Crippen LogP contribution in [0.3, 0.4) is 0 Å². The predicted molar refractivity (Wildman–Crippen MR) is 138 cm³/mol. The molecule has 0 spiro atoms. The van der Waals surface area contributed by atoms with E-state index in [0.717, 1.165) is 19.3 Å². The normalized spacial score (nSPS) is 19.4. The minimum absolute atomic E-state index is 0.0679. The van der Waals surface area contributed by atoms with E-state index in [9.17, 15) is 18.0 Å². The zero-order valence-corrected chi connectivity index (χ0v) is 21.7. The van der Waals surface area contributed by atoms with Crippen molar-refractivity contribution in [3.63, 3.8) is 0 Å². The van der Waals surface area contributed by atoms with E-state index in [0.29, 0.717) is 59.3 Å². The van der Waals surface area contributed by atoms with Crippen molar-refractivity contribution >= 4 is 50.7 Å². The number of hydrogen-bond donors (Lipinski definition) is 1. The predicted octanol–water partition coefficient (Wildman–Crippen LogP) is 4.80. The van der Waals surface area contributed by atoms with Crippen molar-refractivity contribution in [3.05, 3.63) is 63.6 Å². The Kier molecular flexibility index (Phi) is 8.37. The van der Waals surface area contributed by atoms with E-state index in [4.69, 9.17) is 23.2 Å². The van der Waals surface area contributed by atoms with Crippen LogP contribution in [0.4, 0.5) is 5.69 Å². The molecule has 2 aliphatic rings. The van der Waals surface area contributed by atoms with Crippen LogP contribution in [0.25, 0.3) is 0 Å². The first-order valence-electron chi connectivity index (χ1n) is 11.9. The number of nitrogens with one attached hydrogen (secondary N) is 1. The number of anilines is 1. The molecule has 0 aromatic heterocycles. The van der Waals surface area contributed by atoms with E-state index >= 15 is 0 Å².